The fourth-order valence-electron chi connectivity index (χ4n) is 2.49. The first kappa shape index (κ1) is 11.2. The lowest BCUT2D eigenvalue weighted by Crippen LogP contribution is -2.16. The maximum absolute atomic E-state index is 4.20. The molecule has 2 nitrogen and oxygen atoms in total. The van der Waals surface area contributed by atoms with Gasteiger partial charge in [-0.05, 0) is 37.7 Å². The van der Waals surface area contributed by atoms with Crippen LogP contribution in [0.15, 0.2) is 12.3 Å². The van der Waals surface area contributed by atoms with Crippen LogP contribution in [0.2, 0.25) is 0 Å². The zero-order valence-corrected chi connectivity index (χ0v) is 10.9. The quantitative estimate of drug-likeness (QED) is 0.771. The molecule has 1 saturated carbocycles. The van der Waals surface area contributed by atoms with Crippen LogP contribution in [0.4, 0.5) is 0 Å². The first-order valence-electron chi connectivity index (χ1n) is 5.86. The maximum Gasteiger partial charge on any atom is 0.0492 e. The van der Waals surface area contributed by atoms with Crippen molar-refractivity contribution < 1.29 is 0 Å². The number of hydrogen-bond acceptors (Lipinski definition) is 1. The minimum absolute atomic E-state index is 0.766. The van der Waals surface area contributed by atoms with Crippen molar-refractivity contribution >= 4 is 15.9 Å². The SMILES string of the molecule is Cn1nccc1CCC1CCCC(Br)C1. The summed E-state index contributed by atoms with van der Waals surface area (Å²) in [7, 11) is 2.03. The van der Waals surface area contributed by atoms with Crippen molar-refractivity contribution in [3.05, 3.63) is 18.0 Å². The fourth-order valence-corrected chi connectivity index (χ4v) is 3.34. The van der Waals surface area contributed by atoms with Crippen molar-refractivity contribution in [2.45, 2.75) is 43.4 Å². The smallest absolute Gasteiger partial charge is 0.0492 e. The molecule has 1 aliphatic rings. The van der Waals surface area contributed by atoms with E-state index in [1.54, 1.807) is 0 Å². The molecular formula is C12H19BrN2. The lowest BCUT2D eigenvalue weighted by Gasteiger charge is -2.25. The first-order chi connectivity index (χ1) is 7.25. The van der Waals surface area contributed by atoms with Crippen LogP contribution in [0, 0.1) is 5.92 Å². The van der Waals surface area contributed by atoms with Crippen LogP contribution in [0.1, 0.15) is 37.8 Å². The molecule has 84 valence electrons. The molecule has 1 aliphatic carbocycles. The lowest BCUT2D eigenvalue weighted by molar-refractivity contribution is 0.347. The molecule has 2 unspecified atom stereocenters. The second-order valence-corrected chi connectivity index (χ2v) is 5.91. The van der Waals surface area contributed by atoms with Gasteiger partial charge in [0.15, 0.2) is 0 Å². The van der Waals surface area contributed by atoms with Gasteiger partial charge in [-0.25, -0.2) is 0 Å². The second-order valence-electron chi connectivity index (χ2n) is 4.61. The molecule has 3 heteroatoms. The largest absolute Gasteiger partial charge is 0.273 e. The van der Waals surface area contributed by atoms with Gasteiger partial charge < -0.3 is 0 Å². The van der Waals surface area contributed by atoms with Gasteiger partial charge in [-0.15, -0.1) is 0 Å². The van der Waals surface area contributed by atoms with Crippen LogP contribution in [0.25, 0.3) is 0 Å². The first-order valence-corrected chi connectivity index (χ1v) is 6.78. The number of halogens is 1. The van der Waals surface area contributed by atoms with Crippen molar-refractivity contribution in [2.24, 2.45) is 13.0 Å². The summed E-state index contributed by atoms with van der Waals surface area (Å²) in [5, 5.41) is 4.20. The Hall–Kier alpha value is -0.310. The van der Waals surface area contributed by atoms with Crippen LogP contribution in [-0.4, -0.2) is 14.6 Å². The molecule has 1 fully saturated rings. The molecule has 1 aromatic heterocycles. The van der Waals surface area contributed by atoms with E-state index in [1.807, 2.05) is 17.9 Å². The number of aromatic nitrogens is 2. The van der Waals surface area contributed by atoms with E-state index in [0.717, 1.165) is 10.7 Å². The summed E-state index contributed by atoms with van der Waals surface area (Å²) in [5.74, 6) is 0.915. The van der Waals surface area contributed by atoms with E-state index < -0.39 is 0 Å². The Morgan fingerprint density at radius 2 is 2.40 bits per heavy atom. The molecule has 15 heavy (non-hydrogen) atoms. The molecular weight excluding hydrogens is 252 g/mol. The Bertz CT molecular complexity index is 308. The Labute approximate surface area is 100 Å². The van der Waals surface area contributed by atoms with E-state index in [9.17, 15) is 0 Å². The third-order valence-corrected chi connectivity index (χ3v) is 4.28. The molecule has 0 radical (unpaired) electrons. The van der Waals surface area contributed by atoms with E-state index in [2.05, 4.69) is 27.1 Å². The van der Waals surface area contributed by atoms with E-state index in [1.165, 1.54) is 44.2 Å². The van der Waals surface area contributed by atoms with Crippen LogP contribution < -0.4 is 0 Å². The molecule has 0 aliphatic heterocycles. The Balaban J connectivity index is 1.80. The molecule has 0 saturated heterocycles. The molecule has 0 amide bonds. The van der Waals surface area contributed by atoms with Crippen molar-refractivity contribution in [1.82, 2.24) is 9.78 Å². The topological polar surface area (TPSA) is 17.8 Å². The third-order valence-electron chi connectivity index (χ3n) is 3.45. The molecule has 0 aromatic carbocycles. The van der Waals surface area contributed by atoms with Gasteiger partial charge >= 0.3 is 0 Å². The molecule has 2 atom stereocenters. The van der Waals surface area contributed by atoms with E-state index >= 15 is 0 Å². The summed E-state index contributed by atoms with van der Waals surface area (Å²) in [6.07, 6.45) is 9.93. The summed E-state index contributed by atoms with van der Waals surface area (Å²) in [6.45, 7) is 0. The summed E-state index contributed by atoms with van der Waals surface area (Å²) < 4.78 is 1.99. The molecule has 0 N–H and O–H groups in total. The summed E-state index contributed by atoms with van der Waals surface area (Å²) in [5.41, 5.74) is 1.37. The highest BCUT2D eigenvalue weighted by atomic mass is 79.9. The second kappa shape index (κ2) is 5.15. The van der Waals surface area contributed by atoms with Gasteiger partial charge in [0.2, 0.25) is 0 Å². The predicted octanol–water partition coefficient (Wildman–Crippen LogP) is 3.31. The Morgan fingerprint density at radius 3 is 3.07 bits per heavy atom. The monoisotopic (exact) mass is 270 g/mol. The molecule has 0 spiro atoms. The predicted molar refractivity (Wildman–Crippen MR) is 66.2 cm³/mol. The molecule has 1 aromatic rings. The van der Waals surface area contributed by atoms with Crippen molar-refractivity contribution in [3.63, 3.8) is 0 Å². The lowest BCUT2D eigenvalue weighted by atomic mass is 9.86. The third kappa shape index (κ3) is 3.07. The number of nitrogens with zero attached hydrogens (tertiary/aromatic N) is 2. The Morgan fingerprint density at radius 1 is 1.53 bits per heavy atom. The highest BCUT2D eigenvalue weighted by molar-refractivity contribution is 9.09. The van der Waals surface area contributed by atoms with E-state index in [0.29, 0.717) is 0 Å². The zero-order chi connectivity index (χ0) is 10.7. The minimum Gasteiger partial charge on any atom is -0.273 e. The zero-order valence-electron chi connectivity index (χ0n) is 9.32. The van der Waals surface area contributed by atoms with Gasteiger partial charge in [-0.1, -0.05) is 28.8 Å². The molecule has 2 rings (SSSR count). The van der Waals surface area contributed by atoms with Gasteiger partial charge in [0.05, 0.1) is 0 Å². The fraction of sp³-hybridized carbons (Fsp3) is 0.750. The number of aryl methyl sites for hydroxylation is 2. The number of alkyl halides is 1. The summed E-state index contributed by atoms with van der Waals surface area (Å²) in [6, 6.07) is 2.13. The highest BCUT2D eigenvalue weighted by Crippen LogP contribution is 2.31. The van der Waals surface area contributed by atoms with Crippen molar-refractivity contribution in [1.29, 1.82) is 0 Å². The summed E-state index contributed by atoms with van der Waals surface area (Å²) >= 11 is 3.74. The van der Waals surface area contributed by atoms with Crippen LogP contribution >= 0.6 is 15.9 Å². The number of rotatable bonds is 3. The maximum atomic E-state index is 4.20. The van der Waals surface area contributed by atoms with Gasteiger partial charge in [-0.3, -0.25) is 4.68 Å². The standard InChI is InChI=1S/C12H19BrN2/c1-15-12(7-8-14-15)6-5-10-3-2-4-11(13)9-10/h7-8,10-11H,2-6,9H2,1H3. The average molecular weight is 271 g/mol. The van der Waals surface area contributed by atoms with Gasteiger partial charge in [-0.2, -0.15) is 5.10 Å². The molecule has 1 heterocycles. The van der Waals surface area contributed by atoms with Crippen LogP contribution in [0.5, 0.6) is 0 Å². The van der Waals surface area contributed by atoms with E-state index in [-0.39, 0.29) is 0 Å². The normalized spacial score (nSPS) is 26.8. The average Bonchev–Trinajstić information content (AvgIpc) is 2.61. The van der Waals surface area contributed by atoms with Crippen molar-refractivity contribution in [3.8, 4) is 0 Å². The minimum atomic E-state index is 0.766. The van der Waals surface area contributed by atoms with E-state index in [4.69, 9.17) is 0 Å². The van der Waals surface area contributed by atoms with Gasteiger partial charge in [0, 0.05) is 23.8 Å². The van der Waals surface area contributed by atoms with Crippen LogP contribution in [-0.2, 0) is 13.5 Å². The molecule has 0 bridgehead atoms. The Kier molecular flexibility index (Phi) is 3.84. The summed E-state index contributed by atoms with van der Waals surface area (Å²) in [4.78, 5) is 0.766. The van der Waals surface area contributed by atoms with Gasteiger partial charge in [0.25, 0.3) is 0 Å². The number of hydrogen-bond donors (Lipinski definition) is 0. The van der Waals surface area contributed by atoms with Crippen LogP contribution in [0.3, 0.4) is 0 Å². The van der Waals surface area contributed by atoms with Crippen molar-refractivity contribution in [2.75, 3.05) is 0 Å². The highest BCUT2D eigenvalue weighted by Gasteiger charge is 2.19. The van der Waals surface area contributed by atoms with Gasteiger partial charge in [0.1, 0.15) is 0 Å².